The molecule has 0 bridgehead atoms. The van der Waals surface area contributed by atoms with Crippen molar-refractivity contribution >= 4 is 12.6 Å². The molecule has 14 heavy (non-hydrogen) atoms. The quantitative estimate of drug-likeness (QED) is 0.745. The maximum Gasteiger partial charge on any atom is 0.121 e. The average Bonchev–Trinajstić information content (AvgIpc) is 2.61. The first-order valence-electron chi connectivity index (χ1n) is 5.25. The Morgan fingerprint density at radius 3 is 3.21 bits per heavy atom. The van der Waals surface area contributed by atoms with Crippen LogP contribution in [0.25, 0.3) is 0 Å². The third-order valence-corrected chi connectivity index (χ3v) is 3.26. The number of aryl methyl sites for hydroxylation is 1. The van der Waals surface area contributed by atoms with Crippen LogP contribution in [0.2, 0.25) is 0 Å². The highest BCUT2D eigenvalue weighted by atomic mass is 32.1. The van der Waals surface area contributed by atoms with E-state index in [-0.39, 0.29) is 5.25 Å². The van der Waals surface area contributed by atoms with Crippen molar-refractivity contribution in [2.24, 2.45) is 5.73 Å². The largest absolute Gasteiger partial charge is 0.331 e. The highest BCUT2D eigenvalue weighted by Gasteiger charge is 2.18. The van der Waals surface area contributed by atoms with Crippen molar-refractivity contribution in [1.29, 1.82) is 0 Å². The van der Waals surface area contributed by atoms with Crippen molar-refractivity contribution in [1.82, 2.24) is 9.55 Å². The lowest BCUT2D eigenvalue weighted by atomic mass is 10.1. The van der Waals surface area contributed by atoms with Gasteiger partial charge in [0.05, 0.1) is 5.25 Å². The zero-order valence-corrected chi connectivity index (χ0v) is 9.21. The molecule has 4 heteroatoms. The maximum atomic E-state index is 5.53. The van der Waals surface area contributed by atoms with Gasteiger partial charge in [0.1, 0.15) is 5.82 Å². The summed E-state index contributed by atoms with van der Waals surface area (Å²) in [6.45, 7) is 1.78. The minimum absolute atomic E-state index is 0.201. The molecular formula is C10H17N3S. The molecule has 0 fully saturated rings. The normalized spacial score (nSPS) is 17.9. The van der Waals surface area contributed by atoms with Crippen molar-refractivity contribution in [3.63, 3.8) is 0 Å². The van der Waals surface area contributed by atoms with E-state index in [0.29, 0.717) is 6.54 Å². The summed E-state index contributed by atoms with van der Waals surface area (Å²) in [5.74, 6) is 1.11. The third-order valence-electron chi connectivity index (χ3n) is 2.77. The lowest BCUT2D eigenvalue weighted by Gasteiger charge is -2.18. The number of hydrogen-bond acceptors (Lipinski definition) is 3. The monoisotopic (exact) mass is 211 g/mol. The lowest BCUT2D eigenvalue weighted by molar-refractivity contribution is 0.510. The molecule has 0 radical (unpaired) electrons. The van der Waals surface area contributed by atoms with Gasteiger partial charge >= 0.3 is 0 Å². The fraction of sp³-hybridized carbons (Fsp3) is 0.700. The Labute approximate surface area is 90.1 Å². The van der Waals surface area contributed by atoms with Crippen LogP contribution >= 0.6 is 12.6 Å². The second-order valence-corrected chi connectivity index (χ2v) is 4.43. The van der Waals surface area contributed by atoms with Crippen molar-refractivity contribution in [2.75, 3.05) is 6.54 Å². The molecule has 78 valence electrons. The van der Waals surface area contributed by atoms with E-state index in [1.54, 1.807) is 0 Å². The molecule has 0 aromatic carbocycles. The number of nitrogens with two attached hydrogens (primary N) is 1. The van der Waals surface area contributed by atoms with Gasteiger partial charge < -0.3 is 10.3 Å². The van der Waals surface area contributed by atoms with Gasteiger partial charge in [0.2, 0.25) is 0 Å². The Morgan fingerprint density at radius 1 is 1.57 bits per heavy atom. The molecule has 2 rings (SSSR count). The predicted molar refractivity (Wildman–Crippen MR) is 60.6 cm³/mol. The van der Waals surface area contributed by atoms with E-state index in [9.17, 15) is 0 Å². The van der Waals surface area contributed by atoms with E-state index in [4.69, 9.17) is 5.73 Å². The van der Waals surface area contributed by atoms with Gasteiger partial charge in [0, 0.05) is 18.4 Å². The van der Waals surface area contributed by atoms with Crippen LogP contribution in [-0.4, -0.2) is 16.1 Å². The number of thiol groups is 1. The fourth-order valence-corrected chi connectivity index (χ4v) is 2.37. The number of rotatable bonds is 3. The molecule has 0 amide bonds. The molecule has 1 aliphatic heterocycles. The molecule has 1 aliphatic rings. The van der Waals surface area contributed by atoms with Crippen LogP contribution in [0.3, 0.4) is 0 Å². The summed E-state index contributed by atoms with van der Waals surface area (Å²) >= 11 is 4.54. The zero-order chi connectivity index (χ0) is 9.97. The van der Waals surface area contributed by atoms with Crippen LogP contribution in [0.4, 0.5) is 0 Å². The topological polar surface area (TPSA) is 43.8 Å². The summed E-state index contributed by atoms with van der Waals surface area (Å²) in [5, 5.41) is 0.201. The molecule has 1 aromatic rings. The third kappa shape index (κ3) is 1.81. The van der Waals surface area contributed by atoms with Crippen molar-refractivity contribution in [3.05, 3.63) is 17.7 Å². The minimum Gasteiger partial charge on any atom is -0.331 e. The van der Waals surface area contributed by atoms with Crippen LogP contribution in [-0.2, 0) is 13.0 Å². The van der Waals surface area contributed by atoms with E-state index in [0.717, 1.165) is 25.2 Å². The lowest BCUT2D eigenvalue weighted by Crippen LogP contribution is -2.15. The van der Waals surface area contributed by atoms with Gasteiger partial charge in [-0.15, -0.1) is 0 Å². The van der Waals surface area contributed by atoms with Gasteiger partial charge in [-0.2, -0.15) is 12.6 Å². The first-order chi connectivity index (χ1) is 6.83. The Morgan fingerprint density at radius 2 is 2.43 bits per heavy atom. The number of hydrogen-bond donors (Lipinski definition) is 2. The summed E-state index contributed by atoms with van der Waals surface area (Å²) in [7, 11) is 0. The molecular weight excluding hydrogens is 194 g/mol. The summed E-state index contributed by atoms with van der Waals surface area (Å²) in [6.07, 6.45) is 6.61. The van der Waals surface area contributed by atoms with E-state index < -0.39 is 0 Å². The minimum atomic E-state index is 0.201. The van der Waals surface area contributed by atoms with Crippen LogP contribution in [0.5, 0.6) is 0 Å². The zero-order valence-electron chi connectivity index (χ0n) is 8.32. The molecule has 2 heterocycles. The second-order valence-electron chi connectivity index (χ2n) is 3.81. The summed E-state index contributed by atoms with van der Waals surface area (Å²) < 4.78 is 2.32. The summed E-state index contributed by atoms with van der Waals surface area (Å²) in [4.78, 5) is 4.45. The SMILES string of the molecule is NCCC(S)c1ncc2n1CCCC2. The first kappa shape index (κ1) is 10.1. The molecule has 2 N–H and O–H groups in total. The van der Waals surface area contributed by atoms with Crippen LogP contribution in [0.1, 0.15) is 36.0 Å². The first-order valence-corrected chi connectivity index (χ1v) is 5.77. The molecule has 0 saturated carbocycles. The van der Waals surface area contributed by atoms with Crippen LogP contribution in [0, 0.1) is 0 Å². The number of aromatic nitrogens is 2. The Hall–Kier alpha value is -0.480. The Balaban J connectivity index is 2.21. The van der Waals surface area contributed by atoms with Crippen LogP contribution in [0.15, 0.2) is 6.20 Å². The smallest absolute Gasteiger partial charge is 0.121 e. The molecule has 1 atom stereocenters. The van der Waals surface area contributed by atoms with E-state index in [1.165, 1.54) is 18.5 Å². The van der Waals surface area contributed by atoms with Crippen molar-refractivity contribution < 1.29 is 0 Å². The van der Waals surface area contributed by atoms with Crippen molar-refractivity contribution in [3.8, 4) is 0 Å². The fourth-order valence-electron chi connectivity index (χ4n) is 2.01. The average molecular weight is 211 g/mol. The molecule has 0 saturated heterocycles. The van der Waals surface area contributed by atoms with Gasteiger partial charge in [-0.3, -0.25) is 0 Å². The van der Waals surface area contributed by atoms with Gasteiger partial charge in [0.15, 0.2) is 0 Å². The highest BCUT2D eigenvalue weighted by Crippen LogP contribution is 2.26. The van der Waals surface area contributed by atoms with Gasteiger partial charge in [-0.1, -0.05) is 0 Å². The van der Waals surface area contributed by atoms with E-state index in [1.807, 2.05) is 6.20 Å². The van der Waals surface area contributed by atoms with Crippen molar-refractivity contribution in [2.45, 2.75) is 37.5 Å². The van der Waals surface area contributed by atoms with E-state index >= 15 is 0 Å². The molecule has 1 unspecified atom stereocenters. The predicted octanol–water partition coefficient (Wildman–Crippen LogP) is 1.54. The van der Waals surface area contributed by atoms with E-state index in [2.05, 4.69) is 22.2 Å². The van der Waals surface area contributed by atoms with Gasteiger partial charge in [-0.25, -0.2) is 4.98 Å². The molecule has 3 nitrogen and oxygen atoms in total. The van der Waals surface area contributed by atoms with Gasteiger partial charge in [-0.05, 0) is 32.2 Å². The summed E-state index contributed by atoms with van der Waals surface area (Å²) in [6, 6.07) is 0. The Bertz CT molecular complexity index is 308. The molecule has 0 aliphatic carbocycles. The summed E-state index contributed by atoms with van der Waals surface area (Å²) in [5.41, 5.74) is 6.89. The number of imidazole rings is 1. The molecule has 0 spiro atoms. The van der Waals surface area contributed by atoms with Gasteiger partial charge in [0.25, 0.3) is 0 Å². The highest BCUT2D eigenvalue weighted by molar-refractivity contribution is 7.80. The number of fused-ring (bicyclic) bond motifs is 1. The second kappa shape index (κ2) is 4.36. The van der Waals surface area contributed by atoms with Crippen LogP contribution < -0.4 is 5.73 Å². The maximum absolute atomic E-state index is 5.53. The number of nitrogens with zero attached hydrogens (tertiary/aromatic N) is 2. The molecule has 1 aromatic heterocycles. The Kier molecular flexibility index (Phi) is 3.13. The standard InChI is InChI=1S/C10H17N3S/c11-5-4-9(14)10-12-7-8-3-1-2-6-13(8)10/h7,9,14H,1-6,11H2.